The van der Waals surface area contributed by atoms with Crippen LogP contribution >= 0.6 is 23.6 Å². The molecule has 0 aliphatic carbocycles. The van der Waals surface area contributed by atoms with Gasteiger partial charge < -0.3 is 10.4 Å². The lowest BCUT2D eigenvalue weighted by atomic mass is 9.79. The van der Waals surface area contributed by atoms with Crippen LogP contribution in [0.4, 0.5) is 9.93 Å². The highest BCUT2D eigenvalue weighted by Gasteiger charge is 2.36. The fourth-order valence-corrected chi connectivity index (χ4v) is 3.53. The zero-order chi connectivity index (χ0) is 19.2. The Balaban J connectivity index is 2.03. The number of carboxylic acid groups (broad SMARTS) is 1. The Hall–Kier alpha value is -2.26. The van der Waals surface area contributed by atoms with Crippen LogP contribution in [0.2, 0.25) is 0 Å². The Morgan fingerprint density at radius 1 is 1.35 bits per heavy atom. The highest BCUT2D eigenvalue weighted by Crippen LogP contribution is 2.29. The van der Waals surface area contributed by atoms with E-state index in [2.05, 4.69) is 33.0 Å². The second-order valence-electron chi connectivity index (χ2n) is 6.62. The van der Waals surface area contributed by atoms with Gasteiger partial charge in [0, 0.05) is 0 Å². The summed E-state index contributed by atoms with van der Waals surface area (Å²) in [7, 11) is 0. The molecule has 1 unspecified atom stereocenters. The van der Waals surface area contributed by atoms with Gasteiger partial charge in [0.2, 0.25) is 11.0 Å². The maximum atomic E-state index is 12.6. The lowest BCUT2D eigenvalue weighted by molar-refractivity contribution is -0.120. The third kappa shape index (κ3) is 5.92. The van der Waals surface area contributed by atoms with Crippen molar-refractivity contribution in [3.8, 4) is 0 Å². The molecule has 0 bridgehead atoms. The van der Waals surface area contributed by atoms with Gasteiger partial charge in [-0.15, -0.1) is 5.10 Å². The molecule has 1 aromatic carbocycles. The zero-order valence-corrected chi connectivity index (χ0v) is 16.2. The molecular formula is C17H22N4O3S2. The third-order valence-electron chi connectivity index (χ3n) is 4.11. The summed E-state index contributed by atoms with van der Waals surface area (Å²) in [4.78, 5) is 23.8. The second-order valence-corrected chi connectivity index (χ2v) is 8.28. The van der Waals surface area contributed by atoms with Gasteiger partial charge in [0.15, 0.2) is 3.95 Å². The number of aromatic nitrogens is 2. The molecule has 1 heterocycles. The van der Waals surface area contributed by atoms with Crippen LogP contribution in [0.1, 0.15) is 32.3 Å². The van der Waals surface area contributed by atoms with E-state index < -0.39 is 23.5 Å². The van der Waals surface area contributed by atoms with Gasteiger partial charge in [-0.2, -0.15) is 0 Å². The highest BCUT2D eigenvalue weighted by atomic mass is 32.1. The summed E-state index contributed by atoms with van der Waals surface area (Å²) < 4.78 is 0.435. The van der Waals surface area contributed by atoms with E-state index in [1.807, 2.05) is 32.0 Å². The average molecular weight is 395 g/mol. The van der Waals surface area contributed by atoms with Gasteiger partial charge in [-0.05, 0) is 42.5 Å². The van der Waals surface area contributed by atoms with E-state index in [0.717, 1.165) is 24.2 Å². The smallest absolute Gasteiger partial charge is 0.405 e. The predicted octanol–water partition coefficient (Wildman–Crippen LogP) is 3.82. The summed E-state index contributed by atoms with van der Waals surface area (Å²) in [5, 5.41) is 20.9. The van der Waals surface area contributed by atoms with Crippen LogP contribution in [0.15, 0.2) is 30.3 Å². The average Bonchev–Trinajstić information content (AvgIpc) is 2.98. The van der Waals surface area contributed by atoms with Crippen molar-refractivity contribution in [1.82, 2.24) is 15.5 Å². The van der Waals surface area contributed by atoms with E-state index in [1.165, 1.54) is 5.56 Å². The summed E-state index contributed by atoms with van der Waals surface area (Å²) in [6, 6.07) is 9.14. The number of carbonyl (C=O) groups excluding carboxylic acids is 1. The van der Waals surface area contributed by atoms with Crippen molar-refractivity contribution >= 4 is 40.7 Å². The Morgan fingerprint density at radius 3 is 2.62 bits per heavy atom. The molecule has 7 nitrogen and oxygen atoms in total. The zero-order valence-electron chi connectivity index (χ0n) is 14.6. The fourth-order valence-electron chi connectivity index (χ4n) is 2.74. The first-order valence-corrected chi connectivity index (χ1v) is 9.40. The molecule has 140 valence electrons. The minimum absolute atomic E-state index is 0.317. The van der Waals surface area contributed by atoms with E-state index in [9.17, 15) is 9.59 Å². The molecule has 0 saturated carbocycles. The minimum Gasteiger partial charge on any atom is -0.465 e. The topological polar surface area (TPSA) is 107 Å². The number of hydrogen-bond donors (Lipinski definition) is 4. The number of nitrogens with zero attached hydrogens (tertiary/aromatic N) is 1. The largest absolute Gasteiger partial charge is 0.465 e. The first kappa shape index (κ1) is 20.1. The Morgan fingerprint density at radius 2 is 2.04 bits per heavy atom. The number of anilines is 1. The number of hydrogen-bond acceptors (Lipinski definition) is 5. The highest BCUT2D eigenvalue weighted by molar-refractivity contribution is 7.73. The van der Waals surface area contributed by atoms with Gasteiger partial charge in [0.1, 0.15) is 6.04 Å². The molecule has 0 aliphatic rings. The maximum absolute atomic E-state index is 12.6. The van der Waals surface area contributed by atoms with E-state index >= 15 is 0 Å². The number of amides is 2. The van der Waals surface area contributed by atoms with Gasteiger partial charge in [-0.3, -0.25) is 15.2 Å². The van der Waals surface area contributed by atoms with E-state index in [1.54, 1.807) is 0 Å². The van der Waals surface area contributed by atoms with Crippen molar-refractivity contribution in [3.63, 3.8) is 0 Å². The Kier molecular flexibility index (Phi) is 6.87. The molecule has 4 N–H and O–H groups in total. The summed E-state index contributed by atoms with van der Waals surface area (Å²) >= 11 is 6.06. The maximum Gasteiger partial charge on any atom is 0.405 e. The van der Waals surface area contributed by atoms with Crippen molar-refractivity contribution in [3.05, 3.63) is 39.8 Å². The predicted molar refractivity (Wildman–Crippen MR) is 104 cm³/mol. The first-order valence-electron chi connectivity index (χ1n) is 8.18. The second kappa shape index (κ2) is 8.91. The molecule has 1 aromatic heterocycles. The molecule has 9 heteroatoms. The summed E-state index contributed by atoms with van der Waals surface area (Å²) in [5.74, 6) is -0.449. The minimum atomic E-state index is -1.24. The number of carbonyl (C=O) groups is 2. The number of aromatic amines is 1. The van der Waals surface area contributed by atoms with Crippen molar-refractivity contribution in [2.45, 2.75) is 39.2 Å². The van der Waals surface area contributed by atoms with Crippen LogP contribution in [0.3, 0.4) is 0 Å². The molecule has 1 atom stereocenters. The van der Waals surface area contributed by atoms with Crippen LogP contribution in [-0.4, -0.2) is 33.3 Å². The van der Waals surface area contributed by atoms with Crippen LogP contribution in [0.25, 0.3) is 0 Å². The fraction of sp³-hybridized carbons (Fsp3) is 0.412. The Bertz CT molecular complexity index is 802. The van der Waals surface area contributed by atoms with E-state index in [0.29, 0.717) is 15.5 Å². The van der Waals surface area contributed by atoms with Crippen molar-refractivity contribution in [2.24, 2.45) is 5.41 Å². The van der Waals surface area contributed by atoms with Gasteiger partial charge >= 0.3 is 6.09 Å². The molecule has 2 aromatic rings. The number of aryl methyl sites for hydroxylation is 1. The van der Waals surface area contributed by atoms with Crippen molar-refractivity contribution in [2.75, 3.05) is 5.32 Å². The summed E-state index contributed by atoms with van der Waals surface area (Å²) in [5.41, 5.74) is 0.640. The van der Waals surface area contributed by atoms with E-state index in [4.69, 9.17) is 17.3 Å². The van der Waals surface area contributed by atoms with Crippen LogP contribution in [0.5, 0.6) is 0 Å². The van der Waals surface area contributed by atoms with E-state index in [-0.39, 0.29) is 0 Å². The normalized spacial score (nSPS) is 12.4. The van der Waals surface area contributed by atoms with Crippen molar-refractivity contribution < 1.29 is 14.7 Å². The molecule has 0 fully saturated rings. The van der Waals surface area contributed by atoms with Gasteiger partial charge in [0.05, 0.1) is 0 Å². The monoisotopic (exact) mass is 394 g/mol. The molecule has 0 spiro atoms. The lowest BCUT2D eigenvalue weighted by Crippen LogP contribution is -2.52. The van der Waals surface area contributed by atoms with Crippen LogP contribution < -0.4 is 10.6 Å². The quantitative estimate of drug-likeness (QED) is 0.509. The number of rotatable bonds is 8. The van der Waals surface area contributed by atoms with Crippen LogP contribution in [0, 0.1) is 9.37 Å². The Labute approximate surface area is 160 Å². The van der Waals surface area contributed by atoms with Crippen LogP contribution in [-0.2, 0) is 11.2 Å². The number of H-pyrrole nitrogens is 1. The third-order valence-corrected chi connectivity index (χ3v) is 5.11. The SMILES string of the molecule is CC(C)(CCCc1ccccc1)C(NC(=O)O)C(=O)Nc1n[nH]c(=S)s1. The molecule has 2 amide bonds. The van der Waals surface area contributed by atoms with Gasteiger partial charge in [0.25, 0.3) is 0 Å². The molecule has 26 heavy (non-hydrogen) atoms. The summed E-state index contributed by atoms with van der Waals surface area (Å²) in [6.07, 6.45) is 1.14. The van der Waals surface area contributed by atoms with Gasteiger partial charge in [-0.25, -0.2) is 4.79 Å². The molecular weight excluding hydrogens is 372 g/mol. The molecule has 0 saturated heterocycles. The molecule has 2 rings (SSSR count). The number of benzene rings is 1. The molecule has 0 radical (unpaired) electrons. The first-order chi connectivity index (χ1) is 12.3. The number of nitrogens with one attached hydrogen (secondary N) is 3. The lowest BCUT2D eigenvalue weighted by Gasteiger charge is -2.33. The van der Waals surface area contributed by atoms with Crippen molar-refractivity contribution in [1.29, 1.82) is 0 Å². The molecule has 0 aliphatic heterocycles. The summed E-state index contributed by atoms with van der Waals surface area (Å²) in [6.45, 7) is 3.76. The standard InChI is InChI=1S/C17H22N4O3S2/c1-17(2,10-6-9-11-7-4-3-5-8-11)12(18-15(23)24)13(22)19-14-20-21-16(25)26-14/h3-5,7-8,12,18H,6,9-10H2,1-2H3,(H,21,25)(H,23,24)(H,19,20,22). The van der Waals surface area contributed by atoms with Gasteiger partial charge in [-0.1, -0.05) is 55.5 Å².